The molecular formula is C26H25BrClN3O4S. The van der Waals surface area contributed by atoms with E-state index in [1.807, 2.05) is 38.1 Å². The molecule has 0 unspecified atom stereocenters. The van der Waals surface area contributed by atoms with Crippen LogP contribution in [0.4, 0.5) is 0 Å². The Labute approximate surface area is 225 Å². The number of fused-ring (bicyclic) bond motifs is 1. The standard InChI is InChI=1S/C26H25BrClN3O4S/c1-5-30(6-2)25(34)21-14(3)29-26-31(22(21)17-9-7-8-10-19(17)35-4)24(33)20(36-26)12-15-11-16(27)13-18(28)23(15)32/h7-13,22,32H,5-6H2,1-4H3/b20-12+/t22-/m1/s1. The van der Waals surface area contributed by atoms with Gasteiger partial charge in [0.1, 0.15) is 17.5 Å². The van der Waals surface area contributed by atoms with Gasteiger partial charge in [-0.1, -0.05) is 57.1 Å². The number of phenolic OH excluding ortho intramolecular Hbond substituents is 1. The lowest BCUT2D eigenvalue weighted by Gasteiger charge is -2.29. The molecule has 2 heterocycles. The van der Waals surface area contributed by atoms with Crippen LogP contribution in [0.3, 0.4) is 0 Å². The first-order valence-corrected chi connectivity index (χ1v) is 13.3. The number of halogens is 2. The monoisotopic (exact) mass is 589 g/mol. The summed E-state index contributed by atoms with van der Waals surface area (Å²) in [5, 5.41) is 10.6. The lowest BCUT2D eigenvalue weighted by atomic mass is 9.94. The number of hydrogen-bond donors (Lipinski definition) is 1. The number of para-hydroxylation sites is 1. The fraction of sp³-hybridized carbons (Fsp3) is 0.269. The lowest BCUT2D eigenvalue weighted by Crippen LogP contribution is -2.43. The number of rotatable bonds is 6. The number of benzene rings is 2. The number of likely N-dealkylation sites (N-methyl/N-ethyl adjacent to an activating group) is 1. The molecule has 7 nitrogen and oxygen atoms in total. The molecule has 0 fully saturated rings. The van der Waals surface area contributed by atoms with Crippen molar-refractivity contribution in [2.75, 3.05) is 20.2 Å². The Morgan fingerprint density at radius 3 is 2.67 bits per heavy atom. The van der Waals surface area contributed by atoms with E-state index >= 15 is 0 Å². The van der Waals surface area contributed by atoms with Crippen LogP contribution in [0, 0.1) is 0 Å². The van der Waals surface area contributed by atoms with Gasteiger partial charge in [0.15, 0.2) is 4.80 Å². The summed E-state index contributed by atoms with van der Waals surface area (Å²) in [6, 6.07) is 9.88. The van der Waals surface area contributed by atoms with Crippen LogP contribution in [0.15, 0.2) is 61.9 Å². The van der Waals surface area contributed by atoms with E-state index in [9.17, 15) is 14.7 Å². The second-order valence-corrected chi connectivity index (χ2v) is 10.5. The van der Waals surface area contributed by atoms with Crippen molar-refractivity contribution in [2.24, 2.45) is 4.99 Å². The fourth-order valence-corrected chi connectivity index (χ4v) is 6.17. The topological polar surface area (TPSA) is 84.1 Å². The molecule has 0 radical (unpaired) electrons. The number of allylic oxidation sites excluding steroid dienone is 1. The van der Waals surface area contributed by atoms with E-state index in [-0.39, 0.29) is 22.2 Å². The maximum absolute atomic E-state index is 13.8. The van der Waals surface area contributed by atoms with Gasteiger partial charge in [0.25, 0.3) is 11.5 Å². The third-order valence-corrected chi connectivity index (χ3v) is 7.81. The predicted octanol–water partition coefficient (Wildman–Crippen LogP) is 4.23. The molecule has 188 valence electrons. The van der Waals surface area contributed by atoms with Crippen molar-refractivity contribution in [3.8, 4) is 11.5 Å². The number of carbonyl (C=O) groups excluding carboxylic acids is 1. The Morgan fingerprint density at radius 1 is 1.31 bits per heavy atom. The molecule has 2 aromatic carbocycles. The summed E-state index contributed by atoms with van der Waals surface area (Å²) in [4.78, 5) is 34.4. The first-order chi connectivity index (χ1) is 17.2. The highest BCUT2D eigenvalue weighted by Gasteiger charge is 2.35. The molecule has 1 aliphatic heterocycles. The van der Waals surface area contributed by atoms with Gasteiger partial charge in [-0.25, -0.2) is 4.99 Å². The molecule has 0 aliphatic carbocycles. The van der Waals surface area contributed by atoms with E-state index in [0.717, 1.165) is 0 Å². The molecule has 0 saturated heterocycles. The van der Waals surface area contributed by atoms with Gasteiger partial charge in [-0.2, -0.15) is 0 Å². The first kappa shape index (κ1) is 26.2. The molecule has 0 bridgehead atoms. The normalized spacial score (nSPS) is 15.5. The molecule has 10 heteroatoms. The second-order valence-electron chi connectivity index (χ2n) is 8.13. The number of ether oxygens (including phenoxy) is 1. The van der Waals surface area contributed by atoms with Crippen molar-refractivity contribution in [1.29, 1.82) is 0 Å². The van der Waals surface area contributed by atoms with Gasteiger partial charge in [0.2, 0.25) is 0 Å². The van der Waals surface area contributed by atoms with E-state index in [2.05, 4.69) is 20.9 Å². The van der Waals surface area contributed by atoms with Gasteiger partial charge in [-0.05, 0) is 45.0 Å². The molecule has 1 aromatic heterocycles. The number of aromatic nitrogens is 1. The average Bonchev–Trinajstić information content (AvgIpc) is 3.16. The molecule has 3 aromatic rings. The third-order valence-electron chi connectivity index (χ3n) is 6.08. The largest absolute Gasteiger partial charge is 0.506 e. The number of hydrogen-bond acceptors (Lipinski definition) is 6. The number of aromatic hydroxyl groups is 1. The molecule has 1 atom stereocenters. The minimum absolute atomic E-state index is 0.124. The number of nitrogens with zero attached hydrogens (tertiary/aromatic N) is 3. The highest BCUT2D eigenvalue weighted by Crippen LogP contribution is 2.36. The molecule has 1 N–H and O–H groups in total. The van der Waals surface area contributed by atoms with Crippen molar-refractivity contribution >= 4 is 50.9 Å². The number of thiazole rings is 1. The number of carbonyl (C=O) groups is 1. The second kappa shape index (κ2) is 10.6. The van der Waals surface area contributed by atoms with Crippen LogP contribution in [-0.4, -0.2) is 40.7 Å². The number of methoxy groups -OCH3 is 1. The van der Waals surface area contributed by atoms with E-state index in [0.29, 0.717) is 55.0 Å². The van der Waals surface area contributed by atoms with E-state index in [4.69, 9.17) is 16.3 Å². The summed E-state index contributed by atoms with van der Waals surface area (Å²) in [5.74, 6) is 0.261. The van der Waals surface area contributed by atoms with Crippen molar-refractivity contribution in [3.63, 3.8) is 0 Å². The summed E-state index contributed by atoms with van der Waals surface area (Å²) >= 11 is 10.7. The predicted molar refractivity (Wildman–Crippen MR) is 146 cm³/mol. The van der Waals surface area contributed by atoms with Gasteiger partial charge in [0.05, 0.1) is 27.9 Å². The van der Waals surface area contributed by atoms with Crippen LogP contribution < -0.4 is 19.6 Å². The Balaban J connectivity index is 2.02. The molecule has 0 spiro atoms. The number of amides is 1. The molecule has 4 rings (SSSR count). The Kier molecular flexibility index (Phi) is 7.73. The van der Waals surface area contributed by atoms with Gasteiger partial charge < -0.3 is 14.7 Å². The van der Waals surface area contributed by atoms with Gasteiger partial charge in [-0.15, -0.1) is 0 Å². The minimum Gasteiger partial charge on any atom is -0.506 e. The Morgan fingerprint density at radius 2 is 2.00 bits per heavy atom. The molecular weight excluding hydrogens is 566 g/mol. The van der Waals surface area contributed by atoms with Crippen molar-refractivity contribution in [2.45, 2.75) is 26.8 Å². The molecule has 0 saturated carbocycles. The van der Waals surface area contributed by atoms with Crippen LogP contribution in [0.1, 0.15) is 37.9 Å². The van der Waals surface area contributed by atoms with Crippen LogP contribution in [0.25, 0.3) is 6.08 Å². The highest BCUT2D eigenvalue weighted by molar-refractivity contribution is 9.10. The molecule has 36 heavy (non-hydrogen) atoms. The average molecular weight is 591 g/mol. The summed E-state index contributed by atoms with van der Waals surface area (Å²) in [6.45, 7) is 6.67. The van der Waals surface area contributed by atoms with Crippen molar-refractivity contribution < 1.29 is 14.6 Å². The van der Waals surface area contributed by atoms with Crippen LogP contribution in [-0.2, 0) is 4.79 Å². The minimum atomic E-state index is -0.729. The zero-order valence-corrected chi connectivity index (χ0v) is 23.4. The zero-order chi connectivity index (χ0) is 26.1. The quantitative estimate of drug-likeness (QED) is 0.466. The van der Waals surface area contributed by atoms with E-state index in [1.165, 1.54) is 15.9 Å². The SMILES string of the molecule is CCN(CC)C(=O)C1=C(C)N=c2s/c(=C/c3cc(Br)cc(Cl)c3O)c(=O)n2[C@@H]1c1ccccc1OC. The van der Waals surface area contributed by atoms with E-state index < -0.39 is 6.04 Å². The lowest BCUT2D eigenvalue weighted by molar-refractivity contribution is -0.127. The zero-order valence-electron chi connectivity index (χ0n) is 20.2. The summed E-state index contributed by atoms with van der Waals surface area (Å²) in [7, 11) is 1.56. The van der Waals surface area contributed by atoms with Crippen molar-refractivity contribution in [3.05, 3.63) is 88.0 Å². The van der Waals surface area contributed by atoms with E-state index in [1.54, 1.807) is 37.1 Å². The maximum atomic E-state index is 13.8. The maximum Gasteiger partial charge on any atom is 0.271 e. The third kappa shape index (κ3) is 4.63. The van der Waals surface area contributed by atoms with Crippen LogP contribution in [0.5, 0.6) is 11.5 Å². The molecule has 1 amide bonds. The van der Waals surface area contributed by atoms with Crippen LogP contribution in [0.2, 0.25) is 5.02 Å². The highest BCUT2D eigenvalue weighted by atomic mass is 79.9. The Bertz CT molecular complexity index is 1560. The summed E-state index contributed by atoms with van der Waals surface area (Å²) in [6.07, 6.45) is 1.58. The van der Waals surface area contributed by atoms with Gasteiger partial charge >= 0.3 is 0 Å². The fourth-order valence-electron chi connectivity index (χ4n) is 4.30. The number of phenols is 1. The first-order valence-electron chi connectivity index (χ1n) is 11.3. The molecule has 1 aliphatic rings. The summed E-state index contributed by atoms with van der Waals surface area (Å²) in [5.41, 5.74) is 1.72. The summed E-state index contributed by atoms with van der Waals surface area (Å²) < 4.78 is 8.18. The van der Waals surface area contributed by atoms with Crippen molar-refractivity contribution in [1.82, 2.24) is 9.47 Å². The van der Waals surface area contributed by atoms with Gasteiger partial charge in [-0.3, -0.25) is 14.2 Å². The van der Waals surface area contributed by atoms with Gasteiger partial charge in [0, 0.05) is 28.7 Å². The Hall–Kier alpha value is -2.88. The smallest absolute Gasteiger partial charge is 0.271 e. The van der Waals surface area contributed by atoms with Crippen LogP contribution >= 0.6 is 38.9 Å².